The summed E-state index contributed by atoms with van der Waals surface area (Å²) in [6.45, 7) is 0.161. The van der Waals surface area contributed by atoms with Crippen molar-refractivity contribution in [2.24, 2.45) is 0 Å². The van der Waals surface area contributed by atoms with Gasteiger partial charge in [0.05, 0.1) is 10.6 Å². The predicted octanol–water partition coefficient (Wildman–Crippen LogP) is 3.80. The van der Waals surface area contributed by atoms with Crippen molar-refractivity contribution in [1.82, 2.24) is 4.31 Å². The molecule has 1 fully saturated rings. The van der Waals surface area contributed by atoms with Crippen LogP contribution in [0.2, 0.25) is 5.02 Å². The number of amides is 1. The van der Waals surface area contributed by atoms with Crippen molar-refractivity contribution in [3.8, 4) is 0 Å². The fraction of sp³-hybridized carbons (Fsp3) is 0.278. The molecule has 0 unspecified atom stereocenters. The zero-order chi connectivity index (χ0) is 19.6. The summed E-state index contributed by atoms with van der Waals surface area (Å²) in [5.41, 5.74) is -0.325. The Bertz CT molecular complexity index is 952. The van der Waals surface area contributed by atoms with Gasteiger partial charge in [0, 0.05) is 17.6 Å². The Balaban J connectivity index is 1.87. The molecule has 27 heavy (non-hydrogen) atoms. The summed E-state index contributed by atoms with van der Waals surface area (Å²) in [4.78, 5) is 12.7. The molecule has 1 heterocycles. The summed E-state index contributed by atoms with van der Waals surface area (Å²) in [6, 6.07) is 7.32. The topological polar surface area (TPSA) is 66.5 Å². The van der Waals surface area contributed by atoms with Crippen LogP contribution in [-0.4, -0.2) is 31.2 Å². The van der Waals surface area contributed by atoms with E-state index in [0.717, 1.165) is 22.5 Å². The van der Waals surface area contributed by atoms with E-state index in [1.165, 1.54) is 24.3 Å². The molecule has 0 bridgehead atoms. The highest BCUT2D eigenvalue weighted by atomic mass is 35.5. The molecule has 0 aromatic heterocycles. The highest BCUT2D eigenvalue weighted by Crippen LogP contribution is 2.27. The number of piperidine rings is 1. The first kappa shape index (κ1) is 19.7. The van der Waals surface area contributed by atoms with Crippen LogP contribution in [0.15, 0.2) is 47.4 Å². The van der Waals surface area contributed by atoms with E-state index in [1.54, 1.807) is 0 Å². The number of carbonyl (C=O) groups excluding carboxylic acids is 1. The molecule has 1 atom stereocenters. The summed E-state index contributed by atoms with van der Waals surface area (Å²) < 4.78 is 54.1. The fourth-order valence-electron chi connectivity index (χ4n) is 3.01. The van der Waals surface area contributed by atoms with Gasteiger partial charge in [0.1, 0.15) is 17.7 Å². The normalized spacial score (nSPS) is 18.3. The van der Waals surface area contributed by atoms with E-state index in [-0.39, 0.29) is 23.5 Å². The molecule has 9 heteroatoms. The fourth-order valence-corrected chi connectivity index (χ4v) is 4.79. The van der Waals surface area contributed by atoms with Gasteiger partial charge in [0.2, 0.25) is 15.9 Å². The van der Waals surface area contributed by atoms with Crippen molar-refractivity contribution >= 4 is 33.2 Å². The molecule has 144 valence electrons. The van der Waals surface area contributed by atoms with Crippen LogP contribution in [0.3, 0.4) is 0 Å². The van der Waals surface area contributed by atoms with E-state index in [9.17, 15) is 22.0 Å². The number of sulfonamides is 1. The summed E-state index contributed by atoms with van der Waals surface area (Å²) in [6.07, 6.45) is 1.54. The van der Waals surface area contributed by atoms with Gasteiger partial charge in [-0.1, -0.05) is 18.0 Å². The number of halogens is 3. The maximum Gasteiger partial charge on any atom is 0.243 e. The largest absolute Gasteiger partial charge is 0.322 e. The molecule has 0 radical (unpaired) electrons. The molecule has 0 aliphatic carbocycles. The summed E-state index contributed by atoms with van der Waals surface area (Å²) in [5.74, 6) is -2.20. The first-order valence-corrected chi connectivity index (χ1v) is 10.1. The van der Waals surface area contributed by atoms with Crippen LogP contribution >= 0.6 is 11.6 Å². The molecule has 0 saturated carbocycles. The van der Waals surface area contributed by atoms with E-state index in [1.807, 2.05) is 0 Å². The third-order valence-electron chi connectivity index (χ3n) is 4.36. The number of rotatable bonds is 4. The predicted molar refractivity (Wildman–Crippen MR) is 98.0 cm³/mol. The van der Waals surface area contributed by atoms with Gasteiger partial charge in [0.15, 0.2) is 0 Å². The van der Waals surface area contributed by atoms with Gasteiger partial charge in [-0.15, -0.1) is 0 Å². The molecule has 0 spiro atoms. The van der Waals surface area contributed by atoms with Crippen LogP contribution in [0.5, 0.6) is 0 Å². The lowest BCUT2D eigenvalue weighted by Gasteiger charge is -2.33. The number of nitrogens with zero attached hydrogens (tertiary/aromatic N) is 1. The highest BCUT2D eigenvalue weighted by molar-refractivity contribution is 7.89. The van der Waals surface area contributed by atoms with Crippen molar-refractivity contribution < 1.29 is 22.0 Å². The van der Waals surface area contributed by atoms with Gasteiger partial charge in [-0.2, -0.15) is 4.31 Å². The quantitative estimate of drug-likeness (QED) is 0.827. The number of anilines is 1. The molecule has 3 rings (SSSR count). The van der Waals surface area contributed by atoms with Crippen molar-refractivity contribution in [1.29, 1.82) is 0 Å². The second-order valence-corrected chi connectivity index (χ2v) is 8.52. The molecule has 1 N–H and O–H groups in total. The Morgan fingerprint density at radius 1 is 1.11 bits per heavy atom. The van der Waals surface area contributed by atoms with Crippen LogP contribution in [0.1, 0.15) is 19.3 Å². The van der Waals surface area contributed by atoms with Crippen LogP contribution in [0, 0.1) is 11.6 Å². The van der Waals surface area contributed by atoms with Gasteiger partial charge in [-0.25, -0.2) is 17.2 Å². The lowest BCUT2D eigenvalue weighted by molar-refractivity contribution is -0.120. The minimum Gasteiger partial charge on any atom is -0.322 e. The average molecular weight is 415 g/mol. The molecule has 2 aromatic rings. The number of hydrogen-bond donors (Lipinski definition) is 1. The average Bonchev–Trinajstić information content (AvgIpc) is 2.65. The lowest BCUT2D eigenvalue weighted by Crippen LogP contribution is -2.49. The van der Waals surface area contributed by atoms with Crippen LogP contribution in [-0.2, 0) is 14.8 Å². The van der Waals surface area contributed by atoms with Gasteiger partial charge in [0.25, 0.3) is 0 Å². The number of carbonyl (C=O) groups is 1. The van der Waals surface area contributed by atoms with E-state index >= 15 is 0 Å². The smallest absolute Gasteiger partial charge is 0.243 e. The summed E-state index contributed by atoms with van der Waals surface area (Å²) in [5, 5.41) is 2.69. The number of nitrogens with one attached hydrogen (secondary N) is 1. The van der Waals surface area contributed by atoms with Gasteiger partial charge < -0.3 is 5.32 Å². The Labute approximate surface area is 161 Å². The van der Waals surface area contributed by atoms with E-state index in [0.29, 0.717) is 17.9 Å². The first-order chi connectivity index (χ1) is 12.8. The number of hydrogen-bond acceptors (Lipinski definition) is 3. The van der Waals surface area contributed by atoms with Crippen molar-refractivity contribution in [2.75, 3.05) is 11.9 Å². The van der Waals surface area contributed by atoms with E-state index in [4.69, 9.17) is 11.6 Å². The Kier molecular flexibility index (Phi) is 5.78. The second kappa shape index (κ2) is 7.92. The molecule has 1 aliphatic heterocycles. The minimum atomic E-state index is -3.94. The molecular formula is C18H17ClF2N2O3S. The first-order valence-electron chi connectivity index (χ1n) is 8.32. The molecular weight excluding hydrogens is 398 g/mol. The molecule has 1 aliphatic rings. The second-order valence-electron chi connectivity index (χ2n) is 6.19. The van der Waals surface area contributed by atoms with Gasteiger partial charge in [-0.05, 0) is 49.2 Å². The monoisotopic (exact) mass is 414 g/mol. The zero-order valence-corrected chi connectivity index (χ0v) is 15.7. The third-order valence-corrected chi connectivity index (χ3v) is 6.54. The maximum absolute atomic E-state index is 13.8. The summed E-state index contributed by atoms with van der Waals surface area (Å²) >= 11 is 5.81. The highest BCUT2D eigenvalue weighted by Gasteiger charge is 2.37. The molecule has 1 saturated heterocycles. The van der Waals surface area contributed by atoms with Crippen LogP contribution in [0.25, 0.3) is 0 Å². The Morgan fingerprint density at radius 3 is 2.52 bits per heavy atom. The molecule has 2 aromatic carbocycles. The van der Waals surface area contributed by atoms with Crippen LogP contribution < -0.4 is 5.32 Å². The van der Waals surface area contributed by atoms with Crippen LogP contribution in [0.4, 0.5) is 14.5 Å². The van der Waals surface area contributed by atoms with E-state index in [2.05, 4.69) is 5.32 Å². The van der Waals surface area contributed by atoms with Crippen molar-refractivity contribution in [2.45, 2.75) is 30.2 Å². The van der Waals surface area contributed by atoms with E-state index < -0.39 is 33.6 Å². The lowest BCUT2D eigenvalue weighted by atomic mass is 10.0. The minimum absolute atomic E-state index is 0.0172. The Morgan fingerprint density at radius 2 is 1.81 bits per heavy atom. The SMILES string of the molecule is O=C(Nc1cc(F)ccc1F)[C@@H]1CCCCN1S(=O)(=O)c1ccc(Cl)cc1. The standard InChI is InChI=1S/C18H17ClF2N2O3S/c19-12-4-7-14(8-5-12)27(25,26)23-10-2-1-3-17(23)18(24)22-16-11-13(20)6-9-15(16)21/h4-9,11,17H,1-3,10H2,(H,22,24)/t17-/m0/s1. The van der Waals surface area contributed by atoms with Crippen molar-refractivity contribution in [3.05, 3.63) is 59.1 Å². The molecule has 1 amide bonds. The third kappa shape index (κ3) is 4.28. The number of benzene rings is 2. The maximum atomic E-state index is 13.8. The van der Waals surface area contributed by atoms with Crippen molar-refractivity contribution in [3.63, 3.8) is 0 Å². The molecule has 5 nitrogen and oxygen atoms in total. The Hall–Kier alpha value is -2.03. The van der Waals surface area contributed by atoms with Gasteiger partial charge >= 0.3 is 0 Å². The zero-order valence-electron chi connectivity index (χ0n) is 14.2. The summed E-state index contributed by atoms with van der Waals surface area (Å²) in [7, 11) is -3.94. The van der Waals surface area contributed by atoms with Gasteiger partial charge in [-0.3, -0.25) is 4.79 Å².